The monoisotopic (exact) mass is 436 g/mol. The van der Waals surface area contributed by atoms with Gasteiger partial charge in [0.05, 0.1) is 19.3 Å². The Morgan fingerprint density at radius 1 is 0.969 bits per heavy atom. The minimum atomic E-state index is -0.334. The zero-order chi connectivity index (χ0) is 22.8. The zero-order valence-electron chi connectivity index (χ0n) is 17.6. The van der Waals surface area contributed by atoms with Gasteiger partial charge in [-0.15, -0.1) is 0 Å². The summed E-state index contributed by atoms with van der Waals surface area (Å²) in [5.41, 5.74) is 1.93. The maximum atomic E-state index is 12.1. The van der Waals surface area contributed by atoms with E-state index in [4.69, 9.17) is 4.74 Å². The lowest BCUT2D eigenvalue weighted by atomic mass is 10.2. The maximum Gasteiger partial charge on any atom is 0.251 e. The number of carbonyl (C=O) groups excluding carboxylic acids is 3. The van der Waals surface area contributed by atoms with Gasteiger partial charge in [-0.05, 0) is 55.0 Å². The smallest absolute Gasteiger partial charge is 0.251 e. The highest BCUT2D eigenvalue weighted by molar-refractivity contribution is 5.95. The Labute approximate surface area is 185 Å². The summed E-state index contributed by atoms with van der Waals surface area (Å²) in [6.45, 7) is 0.213. The van der Waals surface area contributed by atoms with Gasteiger partial charge in [-0.3, -0.25) is 14.4 Å². The third-order valence-corrected chi connectivity index (χ3v) is 4.50. The second kappa shape index (κ2) is 11.3. The predicted molar refractivity (Wildman–Crippen MR) is 118 cm³/mol. The highest BCUT2D eigenvalue weighted by atomic mass is 16.5. The van der Waals surface area contributed by atoms with Gasteiger partial charge in [-0.1, -0.05) is 0 Å². The predicted octanol–water partition coefficient (Wildman–Crippen LogP) is 1.54. The summed E-state index contributed by atoms with van der Waals surface area (Å²) in [5.74, 6) is -0.145. The molecule has 3 N–H and O–H groups in total. The van der Waals surface area contributed by atoms with Crippen molar-refractivity contribution < 1.29 is 19.1 Å². The SMILES string of the molecule is COc1ccc(C(=O)NCCCC(=O)NCC(=O)Nc2ccc(-n3cncn3)cc2)cc1. The number of aromatic nitrogens is 3. The second-order valence-electron chi connectivity index (χ2n) is 6.80. The van der Waals surface area contributed by atoms with Gasteiger partial charge in [0.1, 0.15) is 18.4 Å². The first kappa shape index (κ1) is 22.5. The first-order valence-corrected chi connectivity index (χ1v) is 9.99. The molecule has 0 unspecified atom stereocenters. The third-order valence-electron chi connectivity index (χ3n) is 4.50. The van der Waals surface area contributed by atoms with E-state index in [-0.39, 0.29) is 30.7 Å². The number of hydrogen-bond donors (Lipinski definition) is 3. The van der Waals surface area contributed by atoms with Crippen LogP contribution in [0, 0.1) is 0 Å². The van der Waals surface area contributed by atoms with Crippen molar-refractivity contribution in [1.82, 2.24) is 25.4 Å². The number of amides is 3. The lowest BCUT2D eigenvalue weighted by Gasteiger charge is -2.08. The van der Waals surface area contributed by atoms with Crippen LogP contribution in [0.25, 0.3) is 5.69 Å². The molecule has 0 aliphatic rings. The molecule has 0 fully saturated rings. The van der Waals surface area contributed by atoms with Crippen LogP contribution in [0.4, 0.5) is 5.69 Å². The molecule has 3 aromatic rings. The van der Waals surface area contributed by atoms with Crippen LogP contribution < -0.4 is 20.7 Å². The Morgan fingerprint density at radius 3 is 2.38 bits per heavy atom. The van der Waals surface area contributed by atoms with Gasteiger partial charge in [0.2, 0.25) is 11.8 Å². The van der Waals surface area contributed by atoms with Gasteiger partial charge in [-0.2, -0.15) is 5.10 Å². The Hall–Kier alpha value is -4.21. The largest absolute Gasteiger partial charge is 0.497 e. The van der Waals surface area contributed by atoms with Crippen molar-refractivity contribution in [2.24, 2.45) is 0 Å². The van der Waals surface area contributed by atoms with Gasteiger partial charge < -0.3 is 20.7 Å². The summed E-state index contributed by atoms with van der Waals surface area (Å²) in [4.78, 5) is 39.9. The van der Waals surface area contributed by atoms with Crippen molar-refractivity contribution in [2.45, 2.75) is 12.8 Å². The zero-order valence-corrected chi connectivity index (χ0v) is 17.6. The summed E-state index contributed by atoms with van der Waals surface area (Å²) >= 11 is 0. The minimum Gasteiger partial charge on any atom is -0.497 e. The molecule has 0 aliphatic heterocycles. The molecule has 0 spiro atoms. The number of methoxy groups -OCH3 is 1. The number of rotatable bonds is 10. The Balaban J connectivity index is 1.31. The summed E-state index contributed by atoms with van der Waals surface area (Å²) in [7, 11) is 1.56. The average molecular weight is 436 g/mol. The van der Waals surface area contributed by atoms with E-state index in [0.29, 0.717) is 30.0 Å². The molecule has 166 valence electrons. The van der Waals surface area contributed by atoms with E-state index >= 15 is 0 Å². The molecule has 1 aromatic heterocycles. The van der Waals surface area contributed by atoms with Crippen LogP contribution in [0.15, 0.2) is 61.2 Å². The molecule has 0 saturated heterocycles. The molecule has 10 heteroatoms. The molecule has 1 heterocycles. The Bertz CT molecular complexity index is 1030. The molecule has 3 amide bonds. The Morgan fingerprint density at radius 2 is 1.72 bits per heavy atom. The maximum absolute atomic E-state index is 12.1. The third kappa shape index (κ3) is 6.66. The molecule has 0 atom stereocenters. The van der Waals surface area contributed by atoms with E-state index in [2.05, 4.69) is 26.0 Å². The van der Waals surface area contributed by atoms with E-state index in [0.717, 1.165) is 5.69 Å². The molecule has 10 nitrogen and oxygen atoms in total. The van der Waals surface area contributed by atoms with Crippen molar-refractivity contribution in [3.05, 3.63) is 66.7 Å². The summed E-state index contributed by atoms with van der Waals surface area (Å²) < 4.78 is 6.66. The molecular formula is C22H24N6O4. The van der Waals surface area contributed by atoms with Crippen LogP contribution in [0.2, 0.25) is 0 Å². The molecular weight excluding hydrogens is 412 g/mol. The number of nitrogens with zero attached hydrogens (tertiary/aromatic N) is 3. The molecule has 3 rings (SSSR count). The standard InChI is InChI=1S/C22H24N6O4/c1-32-19-10-4-16(5-11-19)22(31)24-12-2-3-20(29)25-13-21(30)27-17-6-8-18(9-7-17)28-15-23-14-26-28/h4-11,14-15H,2-3,12-13H2,1H3,(H,24,31)(H,25,29)(H,27,30). The first-order valence-electron chi connectivity index (χ1n) is 9.99. The fourth-order valence-corrected chi connectivity index (χ4v) is 2.81. The molecule has 0 bridgehead atoms. The second-order valence-corrected chi connectivity index (χ2v) is 6.80. The molecule has 32 heavy (non-hydrogen) atoms. The normalized spacial score (nSPS) is 10.3. The van der Waals surface area contributed by atoms with E-state index in [1.165, 1.54) is 6.33 Å². The van der Waals surface area contributed by atoms with Gasteiger partial charge in [0.15, 0.2) is 0 Å². The van der Waals surface area contributed by atoms with E-state index in [9.17, 15) is 14.4 Å². The fraction of sp³-hybridized carbons (Fsp3) is 0.227. The quantitative estimate of drug-likeness (QED) is 0.414. The number of ether oxygens (including phenoxy) is 1. The van der Waals surface area contributed by atoms with E-state index in [1.54, 1.807) is 66.6 Å². The van der Waals surface area contributed by atoms with Gasteiger partial charge >= 0.3 is 0 Å². The Kier molecular flexibility index (Phi) is 7.90. The van der Waals surface area contributed by atoms with Crippen molar-refractivity contribution in [3.63, 3.8) is 0 Å². The van der Waals surface area contributed by atoms with Crippen molar-refractivity contribution >= 4 is 23.4 Å². The number of carbonyl (C=O) groups is 3. The lowest BCUT2D eigenvalue weighted by molar-refractivity contribution is -0.124. The summed E-state index contributed by atoms with van der Waals surface area (Å²) in [6.07, 6.45) is 3.67. The van der Waals surface area contributed by atoms with Crippen LogP contribution in [-0.4, -0.2) is 52.7 Å². The lowest BCUT2D eigenvalue weighted by Crippen LogP contribution is -2.33. The van der Waals surface area contributed by atoms with Gasteiger partial charge in [0.25, 0.3) is 5.91 Å². The van der Waals surface area contributed by atoms with Crippen LogP contribution in [0.3, 0.4) is 0 Å². The van der Waals surface area contributed by atoms with Crippen molar-refractivity contribution in [3.8, 4) is 11.4 Å². The average Bonchev–Trinajstić information content (AvgIpc) is 3.36. The molecule has 0 saturated carbocycles. The van der Waals surface area contributed by atoms with Crippen molar-refractivity contribution in [2.75, 3.05) is 25.5 Å². The topological polar surface area (TPSA) is 127 Å². The molecule has 2 aromatic carbocycles. The number of nitrogens with one attached hydrogen (secondary N) is 3. The molecule has 0 radical (unpaired) electrons. The number of anilines is 1. The van der Waals surface area contributed by atoms with Crippen LogP contribution >= 0.6 is 0 Å². The molecule has 0 aliphatic carbocycles. The van der Waals surface area contributed by atoms with Crippen molar-refractivity contribution in [1.29, 1.82) is 0 Å². The van der Waals surface area contributed by atoms with Crippen LogP contribution in [-0.2, 0) is 9.59 Å². The highest BCUT2D eigenvalue weighted by Crippen LogP contribution is 2.12. The van der Waals surface area contributed by atoms with Crippen LogP contribution in [0.1, 0.15) is 23.2 Å². The van der Waals surface area contributed by atoms with E-state index < -0.39 is 0 Å². The van der Waals surface area contributed by atoms with E-state index in [1.807, 2.05) is 0 Å². The summed E-state index contributed by atoms with van der Waals surface area (Å²) in [6, 6.07) is 13.8. The minimum absolute atomic E-state index is 0.137. The van der Waals surface area contributed by atoms with Gasteiger partial charge in [-0.25, -0.2) is 9.67 Å². The fourth-order valence-electron chi connectivity index (χ4n) is 2.81. The van der Waals surface area contributed by atoms with Gasteiger partial charge in [0, 0.05) is 24.2 Å². The number of hydrogen-bond acceptors (Lipinski definition) is 6. The highest BCUT2D eigenvalue weighted by Gasteiger charge is 2.08. The number of benzene rings is 2. The first-order chi connectivity index (χ1) is 15.5. The summed E-state index contributed by atoms with van der Waals surface area (Å²) in [5, 5.41) is 12.1. The van der Waals surface area contributed by atoms with Crippen LogP contribution in [0.5, 0.6) is 5.75 Å².